The fourth-order valence-corrected chi connectivity index (χ4v) is 1.73. The molecule has 1 saturated carbocycles. The van der Waals surface area contributed by atoms with Crippen LogP contribution >= 0.6 is 0 Å². The number of hydrogen-bond donors (Lipinski definition) is 1. The first-order valence-electron chi connectivity index (χ1n) is 6.24. The summed E-state index contributed by atoms with van der Waals surface area (Å²) in [5.74, 6) is 1.91. The summed E-state index contributed by atoms with van der Waals surface area (Å²) in [6.45, 7) is 5.43. The Kier molecular flexibility index (Phi) is 4.43. The number of furan rings is 1. The van der Waals surface area contributed by atoms with Crippen molar-refractivity contribution in [2.24, 2.45) is 5.92 Å². The van der Waals surface area contributed by atoms with Gasteiger partial charge in [0.1, 0.15) is 12.4 Å². The second kappa shape index (κ2) is 6.06. The summed E-state index contributed by atoms with van der Waals surface area (Å²) in [5, 5.41) is 3.29. The van der Waals surface area contributed by atoms with Gasteiger partial charge in [0.25, 0.3) is 0 Å². The van der Waals surface area contributed by atoms with E-state index in [-0.39, 0.29) is 0 Å². The van der Waals surface area contributed by atoms with Crippen LogP contribution in [0.4, 0.5) is 0 Å². The molecule has 1 aliphatic rings. The van der Waals surface area contributed by atoms with Gasteiger partial charge in [-0.3, -0.25) is 0 Å². The first-order chi connectivity index (χ1) is 7.90. The van der Waals surface area contributed by atoms with Crippen molar-refractivity contribution in [1.29, 1.82) is 0 Å². The average molecular weight is 223 g/mol. The van der Waals surface area contributed by atoms with Crippen molar-refractivity contribution >= 4 is 0 Å². The first kappa shape index (κ1) is 11.7. The molecule has 1 aliphatic carbocycles. The van der Waals surface area contributed by atoms with Crippen LogP contribution in [-0.4, -0.2) is 13.2 Å². The predicted molar refractivity (Wildman–Crippen MR) is 63.1 cm³/mol. The molecule has 0 bridgehead atoms. The van der Waals surface area contributed by atoms with Gasteiger partial charge in [0, 0.05) is 18.7 Å². The predicted octanol–water partition coefficient (Wildman–Crippen LogP) is 2.71. The summed E-state index contributed by atoms with van der Waals surface area (Å²) < 4.78 is 11.0. The van der Waals surface area contributed by atoms with E-state index < -0.39 is 0 Å². The minimum atomic E-state index is 0.612. The Labute approximate surface area is 97.2 Å². The van der Waals surface area contributed by atoms with E-state index in [1.807, 2.05) is 6.07 Å². The molecule has 0 saturated heterocycles. The van der Waals surface area contributed by atoms with Crippen molar-refractivity contribution in [2.45, 2.75) is 39.3 Å². The molecule has 1 aromatic rings. The topological polar surface area (TPSA) is 34.4 Å². The molecule has 0 spiro atoms. The lowest BCUT2D eigenvalue weighted by atomic mass is 10.2. The number of rotatable bonds is 8. The standard InChI is InChI=1S/C13H21NO2/c1-2-14-9-12-6-8-16-13(12)10-15-7-5-11-3-4-11/h6,8,11,14H,2-5,7,9-10H2,1H3. The number of nitrogens with one attached hydrogen (secondary N) is 1. The summed E-state index contributed by atoms with van der Waals surface area (Å²) in [6, 6.07) is 2.02. The van der Waals surface area contributed by atoms with Gasteiger partial charge >= 0.3 is 0 Å². The van der Waals surface area contributed by atoms with Crippen LogP contribution in [0, 0.1) is 5.92 Å². The lowest BCUT2D eigenvalue weighted by Gasteiger charge is -2.04. The molecule has 0 radical (unpaired) electrons. The van der Waals surface area contributed by atoms with Crippen LogP contribution in [-0.2, 0) is 17.9 Å². The largest absolute Gasteiger partial charge is 0.467 e. The van der Waals surface area contributed by atoms with E-state index in [4.69, 9.17) is 9.15 Å². The van der Waals surface area contributed by atoms with Gasteiger partial charge in [-0.2, -0.15) is 0 Å². The molecule has 0 unspecified atom stereocenters. The second-order valence-electron chi connectivity index (χ2n) is 4.43. The third-order valence-electron chi connectivity index (χ3n) is 3.00. The summed E-state index contributed by atoms with van der Waals surface area (Å²) >= 11 is 0. The smallest absolute Gasteiger partial charge is 0.133 e. The van der Waals surface area contributed by atoms with Gasteiger partial charge in [0.05, 0.1) is 6.26 Å². The SMILES string of the molecule is CCNCc1ccoc1COCCC1CC1. The Morgan fingerprint density at radius 1 is 1.50 bits per heavy atom. The normalized spacial score (nSPS) is 15.6. The maximum absolute atomic E-state index is 5.63. The van der Waals surface area contributed by atoms with Crippen molar-refractivity contribution in [3.8, 4) is 0 Å². The monoisotopic (exact) mass is 223 g/mol. The fraction of sp³-hybridized carbons (Fsp3) is 0.692. The fourth-order valence-electron chi connectivity index (χ4n) is 1.73. The number of hydrogen-bond acceptors (Lipinski definition) is 3. The van der Waals surface area contributed by atoms with E-state index in [2.05, 4.69) is 12.2 Å². The van der Waals surface area contributed by atoms with Gasteiger partial charge < -0.3 is 14.5 Å². The lowest BCUT2D eigenvalue weighted by Crippen LogP contribution is -2.12. The zero-order valence-electron chi connectivity index (χ0n) is 10.00. The molecule has 3 heteroatoms. The Hall–Kier alpha value is -0.800. The summed E-state index contributed by atoms with van der Waals surface area (Å²) in [4.78, 5) is 0. The van der Waals surface area contributed by atoms with Gasteiger partial charge in [0.15, 0.2) is 0 Å². The third kappa shape index (κ3) is 3.65. The Morgan fingerprint density at radius 3 is 3.12 bits per heavy atom. The summed E-state index contributed by atoms with van der Waals surface area (Å²) in [6.07, 6.45) is 5.75. The van der Waals surface area contributed by atoms with Crippen LogP contribution in [0.5, 0.6) is 0 Å². The average Bonchev–Trinajstić information content (AvgIpc) is 3.01. The molecular formula is C13H21NO2. The van der Waals surface area contributed by atoms with Gasteiger partial charge in [-0.1, -0.05) is 19.8 Å². The first-order valence-corrected chi connectivity index (χ1v) is 6.24. The summed E-state index contributed by atoms with van der Waals surface area (Å²) in [7, 11) is 0. The van der Waals surface area contributed by atoms with Gasteiger partial charge in [-0.25, -0.2) is 0 Å². The molecule has 1 heterocycles. The van der Waals surface area contributed by atoms with Crippen molar-refractivity contribution < 1.29 is 9.15 Å². The highest BCUT2D eigenvalue weighted by Crippen LogP contribution is 2.32. The number of ether oxygens (including phenoxy) is 1. The zero-order chi connectivity index (χ0) is 11.2. The van der Waals surface area contributed by atoms with Crippen LogP contribution in [0.1, 0.15) is 37.5 Å². The van der Waals surface area contributed by atoms with Crippen LogP contribution in [0.3, 0.4) is 0 Å². The van der Waals surface area contributed by atoms with Gasteiger partial charge in [-0.15, -0.1) is 0 Å². The van der Waals surface area contributed by atoms with E-state index >= 15 is 0 Å². The molecule has 1 fully saturated rings. The second-order valence-corrected chi connectivity index (χ2v) is 4.43. The molecule has 1 N–H and O–H groups in total. The maximum Gasteiger partial charge on any atom is 0.133 e. The van der Waals surface area contributed by atoms with E-state index in [0.717, 1.165) is 31.4 Å². The highest BCUT2D eigenvalue weighted by molar-refractivity contribution is 5.15. The quantitative estimate of drug-likeness (QED) is 0.688. The van der Waals surface area contributed by atoms with Crippen molar-refractivity contribution in [2.75, 3.05) is 13.2 Å². The van der Waals surface area contributed by atoms with Crippen molar-refractivity contribution in [3.05, 3.63) is 23.7 Å². The molecule has 90 valence electrons. The van der Waals surface area contributed by atoms with Crippen LogP contribution in [0.15, 0.2) is 16.7 Å². The highest BCUT2D eigenvalue weighted by Gasteiger charge is 2.20. The minimum absolute atomic E-state index is 0.612. The van der Waals surface area contributed by atoms with Crippen molar-refractivity contribution in [3.63, 3.8) is 0 Å². The highest BCUT2D eigenvalue weighted by atomic mass is 16.5. The minimum Gasteiger partial charge on any atom is -0.467 e. The van der Waals surface area contributed by atoms with Crippen LogP contribution in [0.25, 0.3) is 0 Å². The van der Waals surface area contributed by atoms with E-state index in [1.165, 1.54) is 24.8 Å². The molecule has 0 atom stereocenters. The molecule has 0 amide bonds. The Balaban J connectivity index is 1.67. The van der Waals surface area contributed by atoms with E-state index in [1.54, 1.807) is 6.26 Å². The van der Waals surface area contributed by atoms with E-state index in [9.17, 15) is 0 Å². The molecule has 16 heavy (non-hydrogen) atoms. The third-order valence-corrected chi connectivity index (χ3v) is 3.00. The molecule has 0 aromatic carbocycles. The summed E-state index contributed by atoms with van der Waals surface area (Å²) in [5.41, 5.74) is 1.22. The molecule has 3 nitrogen and oxygen atoms in total. The van der Waals surface area contributed by atoms with Gasteiger partial charge in [0.2, 0.25) is 0 Å². The van der Waals surface area contributed by atoms with Crippen molar-refractivity contribution in [1.82, 2.24) is 5.32 Å². The molecule has 1 aromatic heterocycles. The Bertz CT molecular complexity index is 305. The zero-order valence-corrected chi connectivity index (χ0v) is 10.00. The van der Waals surface area contributed by atoms with Crippen LogP contribution < -0.4 is 5.32 Å². The maximum atomic E-state index is 5.63. The van der Waals surface area contributed by atoms with Gasteiger partial charge in [-0.05, 0) is 24.9 Å². The Morgan fingerprint density at radius 2 is 2.38 bits per heavy atom. The lowest BCUT2D eigenvalue weighted by molar-refractivity contribution is 0.100. The van der Waals surface area contributed by atoms with E-state index in [0.29, 0.717) is 6.61 Å². The molecule has 2 rings (SSSR count). The molecule has 0 aliphatic heterocycles. The molecular weight excluding hydrogens is 202 g/mol. The van der Waals surface area contributed by atoms with Crippen LogP contribution in [0.2, 0.25) is 0 Å².